The summed E-state index contributed by atoms with van der Waals surface area (Å²) in [7, 11) is 0. The number of nitrogens with one attached hydrogen (secondary N) is 2. The normalized spacial score (nSPS) is 10.4. The Labute approximate surface area is 175 Å². The van der Waals surface area contributed by atoms with Crippen LogP contribution in [0.25, 0.3) is 0 Å². The molecule has 30 heavy (non-hydrogen) atoms. The summed E-state index contributed by atoms with van der Waals surface area (Å²) in [6, 6.07) is 16.0. The molecule has 0 atom stereocenters. The number of para-hydroxylation sites is 1. The summed E-state index contributed by atoms with van der Waals surface area (Å²) < 4.78 is 0. The summed E-state index contributed by atoms with van der Waals surface area (Å²) in [5.74, 6) is -0.495. The van der Waals surface area contributed by atoms with E-state index in [9.17, 15) is 9.59 Å². The van der Waals surface area contributed by atoms with Crippen LogP contribution in [0, 0.1) is 18.3 Å². The first kappa shape index (κ1) is 20.7. The molecule has 0 saturated heterocycles. The van der Waals surface area contributed by atoms with Crippen molar-refractivity contribution >= 4 is 23.2 Å². The molecule has 6 heteroatoms. The summed E-state index contributed by atoms with van der Waals surface area (Å²) in [5, 5.41) is 14.7. The van der Waals surface area contributed by atoms with Crippen molar-refractivity contribution in [2.45, 2.75) is 26.7 Å². The average Bonchev–Trinajstić information content (AvgIpc) is 2.75. The molecule has 2 aromatic carbocycles. The van der Waals surface area contributed by atoms with Crippen LogP contribution in [-0.4, -0.2) is 16.8 Å². The quantitative estimate of drug-likeness (QED) is 0.640. The summed E-state index contributed by atoms with van der Waals surface area (Å²) >= 11 is 0. The topological polar surface area (TPSA) is 94.9 Å². The Balaban J connectivity index is 1.81. The lowest BCUT2D eigenvalue weighted by Gasteiger charge is -2.16. The maximum absolute atomic E-state index is 12.8. The third kappa shape index (κ3) is 4.70. The number of carbonyl (C=O) groups excluding carboxylic acids is 2. The van der Waals surface area contributed by atoms with Gasteiger partial charge in [0.1, 0.15) is 0 Å². The molecule has 1 aromatic heterocycles. The monoisotopic (exact) mass is 398 g/mol. The zero-order valence-corrected chi connectivity index (χ0v) is 17.1. The smallest absolute Gasteiger partial charge is 0.257 e. The predicted octanol–water partition coefficient (Wildman–Crippen LogP) is 4.89. The van der Waals surface area contributed by atoms with Crippen LogP contribution in [-0.2, 0) is 0 Å². The van der Waals surface area contributed by atoms with Gasteiger partial charge in [0.25, 0.3) is 11.8 Å². The highest BCUT2D eigenvalue weighted by molar-refractivity contribution is 6.08. The minimum atomic E-state index is -0.411. The van der Waals surface area contributed by atoms with E-state index >= 15 is 0 Å². The molecule has 0 unspecified atom stereocenters. The summed E-state index contributed by atoms with van der Waals surface area (Å²) in [5.41, 5.74) is 4.26. The highest BCUT2D eigenvalue weighted by Gasteiger charge is 2.15. The number of amides is 2. The van der Waals surface area contributed by atoms with Crippen LogP contribution in [0.1, 0.15) is 57.2 Å². The molecule has 0 aliphatic carbocycles. The number of benzene rings is 2. The Morgan fingerprint density at radius 3 is 2.30 bits per heavy atom. The lowest BCUT2D eigenvalue weighted by atomic mass is 9.98. The third-order valence-electron chi connectivity index (χ3n) is 4.68. The molecule has 3 aromatic rings. The van der Waals surface area contributed by atoms with Gasteiger partial charge >= 0.3 is 0 Å². The first-order valence-corrected chi connectivity index (χ1v) is 9.56. The highest BCUT2D eigenvalue weighted by Crippen LogP contribution is 2.27. The van der Waals surface area contributed by atoms with Crippen molar-refractivity contribution in [3.8, 4) is 6.07 Å². The summed E-state index contributed by atoms with van der Waals surface area (Å²) in [6.45, 7) is 6.08. The Morgan fingerprint density at radius 2 is 1.63 bits per heavy atom. The second-order valence-corrected chi connectivity index (χ2v) is 7.26. The van der Waals surface area contributed by atoms with E-state index in [-0.39, 0.29) is 23.0 Å². The van der Waals surface area contributed by atoms with Crippen molar-refractivity contribution < 1.29 is 9.59 Å². The van der Waals surface area contributed by atoms with E-state index in [1.807, 2.05) is 31.2 Å². The van der Waals surface area contributed by atoms with Gasteiger partial charge in [-0.1, -0.05) is 38.1 Å². The van der Waals surface area contributed by atoms with E-state index in [1.165, 1.54) is 18.5 Å². The van der Waals surface area contributed by atoms with Gasteiger partial charge in [-0.15, -0.1) is 0 Å². The van der Waals surface area contributed by atoms with Crippen molar-refractivity contribution in [3.63, 3.8) is 0 Å². The van der Waals surface area contributed by atoms with E-state index in [0.29, 0.717) is 11.3 Å². The van der Waals surface area contributed by atoms with Crippen LogP contribution in [0.15, 0.2) is 60.9 Å². The average molecular weight is 398 g/mol. The molecular formula is C24H22N4O2. The van der Waals surface area contributed by atoms with Gasteiger partial charge in [-0.25, -0.2) is 0 Å². The van der Waals surface area contributed by atoms with Crippen molar-refractivity contribution in [2.75, 3.05) is 10.6 Å². The molecular weight excluding hydrogens is 376 g/mol. The van der Waals surface area contributed by atoms with Crippen LogP contribution < -0.4 is 10.6 Å². The third-order valence-corrected chi connectivity index (χ3v) is 4.68. The van der Waals surface area contributed by atoms with E-state index in [0.717, 1.165) is 16.8 Å². The van der Waals surface area contributed by atoms with Crippen LogP contribution in [0.3, 0.4) is 0 Å². The standard InChI is InChI=1S/C24H22N4O2/c1-15(2)21-9-4-6-16(3)22(21)28-24(30)19-11-18(13-26-14-19)23(29)27-20-8-5-7-17(10-20)12-25/h4-11,13-15H,1-3H3,(H,27,29)(H,28,30). The number of aryl methyl sites for hydroxylation is 1. The number of pyridine rings is 1. The van der Waals surface area contributed by atoms with Gasteiger partial charge in [-0.05, 0) is 48.2 Å². The van der Waals surface area contributed by atoms with E-state index in [2.05, 4.69) is 29.5 Å². The number of carbonyl (C=O) groups is 2. The van der Waals surface area contributed by atoms with Crippen molar-refractivity contribution in [3.05, 3.63) is 88.7 Å². The lowest BCUT2D eigenvalue weighted by Crippen LogP contribution is -2.17. The predicted molar refractivity (Wildman–Crippen MR) is 117 cm³/mol. The van der Waals surface area contributed by atoms with Crippen LogP contribution >= 0.6 is 0 Å². The minimum absolute atomic E-state index is 0.249. The van der Waals surface area contributed by atoms with E-state index < -0.39 is 5.91 Å². The van der Waals surface area contributed by atoms with Crippen LogP contribution in [0.2, 0.25) is 0 Å². The molecule has 2 amide bonds. The first-order chi connectivity index (χ1) is 14.4. The lowest BCUT2D eigenvalue weighted by molar-refractivity contribution is 0.102. The Morgan fingerprint density at radius 1 is 0.967 bits per heavy atom. The van der Waals surface area contributed by atoms with Gasteiger partial charge in [-0.3, -0.25) is 14.6 Å². The molecule has 150 valence electrons. The highest BCUT2D eigenvalue weighted by atomic mass is 16.2. The van der Waals surface area contributed by atoms with Gasteiger partial charge in [-0.2, -0.15) is 5.26 Å². The fourth-order valence-corrected chi connectivity index (χ4v) is 3.09. The number of hydrogen-bond acceptors (Lipinski definition) is 4. The van der Waals surface area contributed by atoms with Gasteiger partial charge < -0.3 is 10.6 Å². The van der Waals surface area contributed by atoms with Crippen molar-refractivity contribution in [2.24, 2.45) is 0 Å². The first-order valence-electron chi connectivity index (χ1n) is 9.56. The number of nitrogens with zero attached hydrogens (tertiary/aromatic N) is 2. The number of aromatic nitrogens is 1. The molecule has 6 nitrogen and oxygen atoms in total. The molecule has 0 aliphatic rings. The maximum atomic E-state index is 12.8. The van der Waals surface area contributed by atoms with E-state index in [4.69, 9.17) is 5.26 Å². The molecule has 0 radical (unpaired) electrons. The minimum Gasteiger partial charge on any atom is -0.322 e. The maximum Gasteiger partial charge on any atom is 0.257 e. The Kier molecular flexibility index (Phi) is 6.23. The molecule has 0 aliphatic heterocycles. The molecule has 0 spiro atoms. The molecule has 2 N–H and O–H groups in total. The zero-order chi connectivity index (χ0) is 21.7. The largest absolute Gasteiger partial charge is 0.322 e. The van der Waals surface area contributed by atoms with Gasteiger partial charge in [0, 0.05) is 23.8 Å². The fraction of sp³-hybridized carbons (Fsp3) is 0.167. The second-order valence-electron chi connectivity index (χ2n) is 7.26. The second kappa shape index (κ2) is 9.01. The number of anilines is 2. The Bertz CT molecular complexity index is 1150. The number of hydrogen-bond donors (Lipinski definition) is 2. The molecule has 1 heterocycles. The van der Waals surface area contributed by atoms with Crippen molar-refractivity contribution in [1.29, 1.82) is 5.26 Å². The fourth-order valence-electron chi connectivity index (χ4n) is 3.09. The van der Waals surface area contributed by atoms with Gasteiger partial charge in [0.2, 0.25) is 0 Å². The van der Waals surface area contributed by atoms with Crippen LogP contribution in [0.4, 0.5) is 11.4 Å². The zero-order valence-electron chi connectivity index (χ0n) is 17.1. The van der Waals surface area contributed by atoms with Crippen molar-refractivity contribution in [1.82, 2.24) is 4.98 Å². The SMILES string of the molecule is Cc1cccc(C(C)C)c1NC(=O)c1cncc(C(=O)Nc2cccc(C#N)c2)c1. The molecule has 0 saturated carbocycles. The summed E-state index contributed by atoms with van der Waals surface area (Å²) in [4.78, 5) is 29.5. The summed E-state index contributed by atoms with van der Waals surface area (Å²) in [6.07, 6.45) is 2.82. The molecule has 3 rings (SSSR count). The molecule has 0 bridgehead atoms. The van der Waals surface area contributed by atoms with Crippen LogP contribution in [0.5, 0.6) is 0 Å². The number of rotatable bonds is 5. The van der Waals surface area contributed by atoms with E-state index in [1.54, 1.807) is 24.3 Å². The Hall–Kier alpha value is -3.98. The number of nitriles is 1. The van der Waals surface area contributed by atoms with Gasteiger partial charge in [0.05, 0.1) is 22.8 Å². The van der Waals surface area contributed by atoms with Gasteiger partial charge in [0.15, 0.2) is 0 Å². The molecule has 0 fully saturated rings.